The van der Waals surface area contributed by atoms with Crippen LogP contribution in [0, 0.1) is 17.0 Å². The largest absolute Gasteiger partial charge is 0.338 e. The zero-order chi connectivity index (χ0) is 24.8. The lowest BCUT2D eigenvalue weighted by Gasteiger charge is -2.43. The van der Waals surface area contributed by atoms with Crippen LogP contribution < -0.4 is 10.6 Å². The average Bonchev–Trinajstić information content (AvgIpc) is 2.90. The summed E-state index contributed by atoms with van der Waals surface area (Å²) in [6, 6.07) is 2.07. The highest BCUT2D eigenvalue weighted by Crippen LogP contribution is 2.31. The van der Waals surface area contributed by atoms with E-state index in [9.17, 15) is 27.2 Å². The molecule has 1 fully saturated rings. The highest BCUT2D eigenvalue weighted by atomic mass is 19.3. The number of carbonyl (C=O) groups is 2. The van der Waals surface area contributed by atoms with Crippen LogP contribution in [-0.4, -0.2) is 57.9 Å². The van der Waals surface area contributed by atoms with Crippen molar-refractivity contribution in [1.82, 2.24) is 25.1 Å². The Hall–Kier alpha value is -2.95. The van der Waals surface area contributed by atoms with Gasteiger partial charge in [-0.2, -0.15) is 0 Å². The van der Waals surface area contributed by atoms with Crippen LogP contribution in [0.3, 0.4) is 0 Å². The summed E-state index contributed by atoms with van der Waals surface area (Å²) in [6.45, 7) is 5.20. The van der Waals surface area contributed by atoms with Crippen LogP contribution in [0.2, 0.25) is 0 Å². The van der Waals surface area contributed by atoms with Crippen molar-refractivity contribution >= 4 is 11.8 Å². The molecule has 2 aliphatic rings. The maximum Gasteiger partial charge on any atom is 0.282 e. The van der Waals surface area contributed by atoms with E-state index in [1.807, 2.05) is 0 Å². The van der Waals surface area contributed by atoms with Gasteiger partial charge in [-0.1, -0.05) is 20.8 Å². The lowest BCUT2D eigenvalue weighted by molar-refractivity contribution is -0.169. The molecule has 0 aliphatic carbocycles. The van der Waals surface area contributed by atoms with Crippen molar-refractivity contribution < 1.29 is 27.2 Å². The van der Waals surface area contributed by atoms with Crippen molar-refractivity contribution in [3.63, 3.8) is 0 Å². The maximum atomic E-state index is 14.6. The van der Waals surface area contributed by atoms with Crippen molar-refractivity contribution in [2.75, 3.05) is 19.6 Å². The molecule has 4 rings (SSSR count). The van der Waals surface area contributed by atoms with E-state index in [4.69, 9.17) is 0 Å². The van der Waals surface area contributed by atoms with Gasteiger partial charge in [-0.3, -0.25) is 9.59 Å². The third-order valence-corrected chi connectivity index (χ3v) is 6.03. The Morgan fingerprint density at radius 2 is 1.91 bits per heavy atom. The number of benzene rings is 1. The van der Waals surface area contributed by atoms with E-state index in [0.29, 0.717) is 25.2 Å². The Morgan fingerprint density at radius 3 is 2.53 bits per heavy atom. The minimum Gasteiger partial charge on any atom is -0.338 e. The van der Waals surface area contributed by atoms with Crippen molar-refractivity contribution in [2.24, 2.45) is 5.41 Å². The number of imidazole rings is 1. The second-order valence-electron chi connectivity index (χ2n) is 9.86. The Balaban J connectivity index is 1.68. The van der Waals surface area contributed by atoms with Crippen LogP contribution in [-0.2, 0) is 17.9 Å². The molecule has 0 bridgehead atoms. The molecule has 0 spiro atoms. The molecule has 11 heteroatoms. The van der Waals surface area contributed by atoms with E-state index in [-0.39, 0.29) is 23.6 Å². The van der Waals surface area contributed by atoms with Crippen LogP contribution in [0.5, 0.6) is 0 Å². The average molecular weight is 481 g/mol. The first-order valence-electron chi connectivity index (χ1n) is 11.1. The van der Waals surface area contributed by atoms with E-state index in [0.717, 1.165) is 17.0 Å². The molecule has 2 amide bonds. The van der Waals surface area contributed by atoms with Crippen LogP contribution >= 0.6 is 0 Å². The van der Waals surface area contributed by atoms with Gasteiger partial charge in [-0.05, 0) is 30.5 Å². The van der Waals surface area contributed by atoms with Gasteiger partial charge in [0.2, 0.25) is 5.91 Å². The van der Waals surface area contributed by atoms with E-state index < -0.39 is 53.9 Å². The standard InChI is InChI=1S/C23H27F4N5O2/c1-22(2,3)18(21(34)31-11-23(26,27)12-31)30-20(33)17-16-10-28-7-4-8-32(16)19(29-17)14-6-5-13(24)9-15(14)25/h5-6,9,18,28H,4,7-8,10-12H2,1-3H3,(H,30,33)/t18-/m1/s1. The molecule has 2 aromatic rings. The Labute approximate surface area is 194 Å². The Morgan fingerprint density at radius 1 is 1.21 bits per heavy atom. The van der Waals surface area contributed by atoms with E-state index >= 15 is 0 Å². The number of carbonyl (C=O) groups excluding carboxylic acids is 2. The van der Waals surface area contributed by atoms with Crippen LogP contribution in [0.4, 0.5) is 17.6 Å². The smallest absolute Gasteiger partial charge is 0.282 e. The number of likely N-dealkylation sites (tertiary alicyclic amines) is 1. The van der Waals surface area contributed by atoms with Gasteiger partial charge >= 0.3 is 0 Å². The first-order chi connectivity index (χ1) is 15.9. The normalized spacial score (nSPS) is 18.5. The predicted octanol–water partition coefficient (Wildman–Crippen LogP) is 2.94. The lowest BCUT2D eigenvalue weighted by atomic mass is 9.85. The summed E-state index contributed by atoms with van der Waals surface area (Å²) >= 11 is 0. The van der Waals surface area contributed by atoms with E-state index in [1.54, 1.807) is 25.3 Å². The minimum atomic E-state index is -2.93. The van der Waals surface area contributed by atoms with Gasteiger partial charge in [0.25, 0.3) is 11.8 Å². The zero-order valence-electron chi connectivity index (χ0n) is 19.2. The molecule has 184 valence electrons. The fourth-order valence-electron chi connectivity index (χ4n) is 4.23. The monoisotopic (exact) mass is 481 g/mol. The third-order valence-electron chi connectivity index (χ3n) is 6.03. The zero-order valence-corrected chi connectivity index (χ0v) is 19.2. The fourth-order valence-corrected chi connectivity index (χ4v) is 4.23. The number of halogens is 4. The molecule has 1 saturated heterocycles. The van der Waals surface area contributed by atoms with Gasteiger partial charge in [0, 0.05) is 19.2 Å². The molecule has 0 saturated carbocycles. The van der Waals surface area contributed by atoms with Crippen LogP contribution in [0.15, 0.2) is 18.2 Å². The van der Waals surface area contributed by atoms with Gasteiger partial charge in [-0.25, -0.2) is 22.5 Å². The Kier molecular flexibility index (Phi) is 6.17. The molecule has 0 radical (unpaired) electrons. The van der Waals surface area contributed by atoms with Gasteiger partial charge in [0.15, 0.2) is 5.69 Å². The molecule has 1 aromatic carbocycles. The summed E-state index contributed by atoms with van der Waals surface area (Å²) in [4.78, 5) is 31.7. The van der Waals surface area contributed by atoms with Gasteiger partial charge in [0.05, 0.1) is 24.3 Å². The second kappa shape index (κ2) is 8.68. The van der Waals surface area contributed by atoms with E-state index in [2.05, 4.69) is 15.6 Å². The number of hydrogen-bond donors (Lipinski definition) is 2. The molecular weight excluding hydrogens is 454 g/mol. The van der Waals surface area contributed by atoms with Crippen LogP contribution in [0.25, 0.3) is 11.4 Å². The first-order valence-corrected chi connectivity index (χ1v) is 11.1. The summed E-state index contributed by atoms with van der Waals surface area (Å²) < 4.78 is 56.4. The highest BCUT2D eigenvalue weighted by molar-refractivity contribution is 5.98. The summed E-state index contributed by atoms with van der Waals surface area (Å²) in [5, 5.41) is 5.86. The summed E-state index contributed by atoms with van der Waals surface area (Å²) in [7, 11) is 0. The molecular formula is C23H27F4N5O2. The number of nitrogens with one attached hydrogen (secondary N) is 2. The van der Waals surface area contributed by atoms with Crippen molar-refractivity contribution in [1.29, 1.82) is 0 Å². The summed E-state index contributed by atoms with van der Waals surface area (Å²) in [5.74, 6) is -5.54. The topological polar surface area (TPSA) is 79.3 Å². The number of alkyl halides is 2. The number of amides is 2. The van der Waals surface area contributed by atoms with Gasteiger partial charge in [-0.15, -0.1) is 0 Å². The minimum absolute atomic E-state index is 0.00381. The Bertz CT molecular complexity index is 1120. The molecule has 1 aromatic heterocycles. The molecule has 2 aliphatic heterocycles. The molecule has 34 heavy (non-hydrogen) atoms. The maximum absolute atomic E-state index is 14.6. The predicted molar refractivity (Wildman–Crippen MR) is 116 cm³/mol. The summed E-state index contributed by atoms with van der Waals surface area (Å²) in [5.41, 5.74) is -0.207. The lowest BCUT2D eigenvalue weighted by Crippen LogP contribution is -2.64. The van der Waals surface area contributed by atoms with Crippen LogP contribution in [0.1, 0.15) is 43.4 Å². The van der Waals surface area contributed by atoms with Crippen molar-refractivity contribution in [3.8, 4) is 11.4 Å². The number of hydrogen-bond acceptors (Lipinski definition) is 4. The number of nitrogens with zero attached hydrogens (tertiary/aromatic N) is 3. The quantitative estimate of drug-likeness (QED) is 0.659. The van der Waals surface area contributed by atoms with E-state index in [1.165, 1.54) is 6.07 Å². The highest BCUT2D eigenvalue weighted by Gasteiger charge is 2.49. The molecule has 7 nitrogen and oxygen atoms in total. The fraction of sp³-hybridized carbons (Fsp3) is 0.522. The third kappa shape index (κ3) is 4.66. The number of rotatable bonds is 4. The number of fused-ring (bicyclic) bond motifs is 1. The molecule has 0 unspecified atom stereocenters. The van der Waals surface area contributed by atoms with Gasteiger partial charge < -0.3 is 20.1 Å². The molecule has 2 N–H and O–H groups in total. The summed E-state index contributed by atoms with van der Waals surface area (Å²) in [6.07, 6.45) is 0.701. The van der Waals surface area contributed by atoms with Crippen molar-refractivity contribution in [3.05, 3.63) is 41.2 Å². The molecule has 1 atom stereocenters. The first kappa shape index (κ1) is 24.2. The van der Waals surface area contributed by atoms with Gasteiger partial charge in [0.1, 0.15) is 23.5 Å². The number of aromatic nitrogens is 2. The molecule has 3 heterocycles. The second-order valence-corrected chi connectivity index (χ2v) is 9.86. The SMILES string of the molecule is CC(C)(C)[C@H](NC(=O)c1nc(-c2ccc(F)cc2F)n2c1CNCCC2)C(=O)N1CC(F)(F)C1. The van der Waals surface area contributed by atoms with Crippen molar-refractivity contribution in [2.45, 2.75) is 52.2 Å².